The van der Waals surface area contributed by atoms with E-state index in [4.69, 9.17) is 9.63 Å². The van der Waals surface area contributed by atoms with E-state index in [-0.39, 0.29) is 18.1 Å². The van der Waals surface area contributed by atoms with Crippen LogP contribution in [0.2, 0.25) is 0 Å². The summed E-state index contributed by atoms with van der Waals surface area (Å²) in [5.41, 5.74) is 1.19. The second-order valence-electron chi connectivity index (χ2n) is 5.26. The molecule has 2 heterocycles. The van der Waals surface area contributed by atoms with Gasteiger partial charge in [-0.1, -0.05) is 12.1 Å². The Morgan fingerprint density at radius 3 is 2.56 bits per heavy atom. The second-order valence-corrected chi connectivity index (χ2v) is 5.26. The molecule has 1 amide bonds. The van der Waals surface area contributed by atoms with Crippen LogP contribution in [0.3, 0.4) is 0 Å². The number of hydrogen-bond acceptors (Lipinski definition) is 5. The number of rotatable bonds is 5. The molecular formula is C16H14N4O5. The maximum Gasteiger partial charge on any atom is 0.365 e. The van der Waals surface area contributed by atoms with Gasteiger partial charge in [-0.25, -0.2) is 14.3 Å². The smallest absolute Gasteiger partial charge is 0.365 e. The topological polar surface area (TPSA) is 119 Å². The molecule has 128 valence electrons. The number of carboxylic acids is 1. The standard InChI is InChI=1S/C16H14N4O5/c1-10(21)17-9-19-8-14(16(24)25-19)11-2-4-13(5-3-11)20-7-12(6-18-20)15(22)23/h2-8H,9H2,1H3,(H,17,21)(H,22,23). The summed E-state index contributed by atoms with van der Waals surface area (Å²) in [6.45, 7) is 1.43. The van der Waals surface area contributed by atoms with Gasteiger partial charge >= 0.3 is 11.6 Å². The quantitative estimate of drug-likeness (QED) is 0.716. The molecule has 2 aromatic heterocycles. The largest absolute Gasteiger partial charge is 0.478 e. The predicted molar refractivity (Wildman–Crippen MR) is 86.3 cm³/mol. The fourth-order valence-electron chi connectivity index (χ4n) is 2.21. The molecule has 0 saturated carbocycles. The molecule has 0 fully saturated rings. The first kappa shape index (κ1) is 16.2. The number of aromatic carboxylic acids is 1. The van der Waals surface area contributed by atoms with E-state index in [1.54, 1.807) is 24.3 Å². The Morgan fingerprint density at radius 1 is 1.24 bits per heavy atom. The van der Waals surface area contributed by atoms with E-state index in [0.29, 0.717) is 16.8 Å². The second kappa shape index (κ2) is 6.48. The van der Waals surface area contributed by atoms with E-state index in [0.717, 1.165) is 0 Å². The summed E-state index contributed by atoms with van der Waals surface area (Å²) in [5, 5.41) is 15.4. The summed E-state index contributed by atoms with van der Waals surface area (Å²) in [6, 6.07) is 6.82. The van der Waals surface area contributed by atoms with E-state index < -0.39 is 11.6 Å². The van der Waals surface area contributed by atoms with Gasteiger partial charge in [-0.3, -0.25) is 4.79 Å². The fourth-order valence-corrected chi connectivity index (χ4v) is 2.21. The number of nitrogens with zero attached hydrogens (tertiary/aromatic N) is 3. The van der Waals surface area contributed by atoms with Gasteiger partial charge in [0.15, 0.2) is 0 Å². The third-order valence-corrected chi connectivity index (χ3v) is 3.45. The van der Waals surface area contributed by atoms with Crippen molar-refractivity contribution in [3.05, 3.63) is 58.8 Å². The highest BCUT2D eigenvalue weighted by Crippen LogP contribution is 2.18. The minimum Gasteiger partial charge on any atom is -0.478 e. The van der Waals surface area contributed by atoms with Crippen molar-refractivity contribution in [3.63, 3.8) is 0 Å². The lowest BCUT2D eigenvalue weighted by Crippen LogP contribution is -2.22. The van der Waals surface area contributed by atoms with Gasteiger partial charge in [0.05, 0.1) is 29.2 Å². The Hall–Kier alpha value is -3.62. The lowest BCUT2D eigenvalue weighted by molar-refractivity contribution is -0.119. The van der Waals surface area contributed by atoms with Gasteiger partial charge in [-0.15, -0.1) is 0 Å². The molecule has 0 spiro atoms. The zero-order valence-electron chi connectivity index (χ0n) is 13.2. The lowest BCUT2D eigenvalue weighted by Gasteiger charge is -2.02. The van der Waals surface area contributed by atoms with Gasteiger partial charge in [-0.05, 0) is 17.7 Å². The number of carbonyl (C=O) groups is 2. The third-order valence-electron chi connectivity index (χ3n) is 3.45. The summed E-state index contributed by atoms with van der Waals surface area (Å²) >= 11 is 0. The van der Waals surface area contributed by atoms with Crippen LogP contribution in [0.4, 0.5) is 0 Å². The molecule has 25 heavy (non-hydrogen) atoms. The van der Waals surface area contributed by atoms with E-state index in [9.17, 15) is 14.4 Å². The van der Waals surface area contributed by atoms with E-state index in [1.165, 1.54) is 34.9 Å². The van der Waals surface area contributed by atoms with Crippen molar-refractivity contribution in [2.24, 2.45) is 0 Å². The molecule has 3 rings (SSSR count). The monoisotopic (exact) mass is 342 g/mol. The van der Waals surface area contributed by atoms with Crippen LogP contribution >= 0.6 is 0 Å². The van der Waals surface area contributed by atoms with E-state index in [1.807, 2.05) is 0 Å². The van der Waals surface area contributed by atoms with Crippen LogP contribution in [0.15, 0.2) is 52.2 Å². The molecule has 9 nitrogen and oxygen atoms in total. The van der Waals surface area contributed by atoms with Crippen LogP contribution in [0.5, 0.6) is 0 Å². The summed E-state index contributed by atoms with van der Waals surface area (Å²) in [5.74, 6) is -1.29. The van der Waals surface area contributed by atoms with Crippen LogP contribution in [0, 0.1) is 0 Å². The number of carbonyl (C=O) groups excluding carboxylic acids is 1. The third kappa shape index (κ3) is 3.50. The summed E-state index contributed by atoms with van der Waals surface area (Å²) in [7, 11) is 0. The molecule has 0 unspecified atom stereocenters. The molecule has 0 atom stereocenters. The first-order valence-corrected chi connectivity index (χ1v) is 7.28. The van der Waals surface area contributed by atoms with E-state index >= 15 is 0 Å². The van der Waals surface area contributed by atoms with Crippen molar-refractivity contribution in [3.8, 4) is 16.8 Å². The number of nitrogens with one attached hydrogen (secondary N) is 1. The number of amides is 1. The highest BCUT2D eigenvalue weighted by molar-refractivity contribution is 5.87. The molecule has 0 aliphatic carbocycles. The first-order valence-electron chi connectivity index (χ1n) is 7.28. The summed E-state index contributed by atoms with van der Waals surface area (Å²) in [6.07, 6.45) is 4.16. The summed E-state index contributed by atoms with van der Waals surface area (Å²) < 4.78 is 7.69. The van der Waals surface area contributed by atoms with Gasteiger partial charge in [-0.2, -0.15) is 9.84 Å². The van der Waals surface area contributed by atoms with Crippen LogP contribution < -0.4 is 10.9 Å². The maximum atomic E-state index is 11.9. The molecule has 0 radical (unpaired) electrons. The Bertz CT molecular complexity index is 981. The molecule has 0 saturated heterocycles. The maximum absolute atomic E-state index is 11.9. The highest BCUT2D eigenvalue weighted by atomic mass is 16.5. The SMILES string of the molecule is CC(=O)NCn1cc(-c2ccc(-n3cc(C(=O)O)cn3)cc2)c(=O)o1. The van der Waals surface area contributed by atoms with Crippen molar-refractivity contribution < 1.29 is 19.2 Å². The minimum atomic E-state index is -1.05. The number of carboxylic acid groups (broad SMARTS) is 1. The van der Waals surface area contributed by atoms with Crippen molar-refractivity contribution in [1.82, 2.24) is 19.8 Å². The highest BCUT2D eigenvalue weighted by Gasteiger charge is 2.11. The predicted octanol–water partition coefficient (Wildman–Crippen LogP) is 1.09. The van der Waals surface area contributed by atoms with E-state index in [2.05, 4.69) is 10.4 Å². The molecule has 0 aliphatic heterocycles. The van der Waals surface area contributed by atoms with Crippen molar-refractivity contribution >= 4 is 11.9 Å². The Labute approximate surface area is 141 Å². The van der Waals surface area contributed by atoms with Crippen LogP contribution in [-0.2, 0) is 11.5 Å². The lowest BCUT2D eigenvalue weighted by atomic mass is 10.1. The summed E-state index contributed by atoms with van der Waals surface area (Å²) in [4.78, 5) is 33.7. The van der Waals surface area contributed by atoms with Crippen molar-refractivity contribution in [1.29, 1.82) is 0 Å². The number of benzene rings is 1. The zero-order valence-corrected chi connectivity index (χ0v) is 13.2. The van der Waals surface area contributed by atoms with Gasteiger partial charge in [0.1, 0.15) is 6.67 Å². The van der Waals surface area contributed by atoms with Crippen molar-refractivity contribution in [2.45, 2.75) is 13.6 Å². The molecule has 3 aromatic rings. The van der Waals surface area contributed by atoms with Crippen LogP contribution in [0.1, 0.15) is 17.3 Å². The minimum absolute atomic E-state index is 0.0634. The first-order chi connectivity index (χ1) is 11.9. The average molecular weight is 342 g/mol. The Kier molecular flexibility index (Phi) is 4.21. The van der Waals surface area contributed by atoms with Gasteiger partial charge in [0.25, 0.3) is 0 Å². The van der Waals surface area contributed by atoms with Gasteiger partial charge in [0.2, 0.25) is 5.91 Å². The van der Waals surface area contributed by atoms with Crippen molar-refractivity contribution in [2.75, 3.05) is 0 Å². The fraction of sp³-hybridized carbons (Fsp3) is 0.125. The number of aromatic nitrogens is 3. The van der Waals surface area contributed by atoms with Crippen LogP contribution in [0.25, 0.3) is 16.8 Å². The molecule has 2 N–H and O–H groups in total. The Morgan fingerprint density at radius 2 is 1.96 bits per heavy atom. The average Bonchev–Trinajstić information content (AvgIpc) is 3.20. The van der Waals surface area contributed by atoms with Crippen LogP contribution in [-0.4, -0.2) is 31.5 Å². The normalized spacial score (nSPS) is 10.6. The zero-order chi connectivity index (χ0) is 18.0. The molecular weight excluding hydrogens is 328 g/mol. The molecule has 9 heteroatoms. The molecule has 0 bridgehead atoms. The number of hydrogen-bond donors (Lipinski definition) is 2. The van der Waals surface area contributed by atoms with Gasteiger partial charge in [0, 0.05) is 13.1 Å². The Balaban J connectivity index is 1.83. The van der Waals surface area contributed by atoms with Gasteiger partial charge < -0.3 is 14.9 Å². The molecule has 0 aliphatic rings. The molecule has 1 aromatic carbocycles.